The maximum Gasteiger partial charge on any atom is 0.220 e. The van der Waals surface area contributed by atoms with Crippen LogP contribution in [0, 0.1) is 0 Å². The van der Waals surface area contributed by atoms with Crippen molar-refractivity contribution in [3.05, 3.63) is 36.5 Å². The van der Waals surface area contributed by atoms with Gasteiger partial charge < -0.3 is 40.3 Å². The van der Waals surface area contributed by atoms with Gasteiger partial charge in [0.05, 0.1) is 25.4 Å². The Balaban J connectivity index is 2.25. The number of hydrogen-bond donors (Lipinski definition) is 6. The van der Waals surface area contributed by atoms with E-state index in [1.54, 1.807) is 6.08 Å². The molecule has 1 fully saturated rings. The van der Waals surface area contributed by atoms with Crippen molar-refractivity contribution < 1.29 is 39.8 Å². The van der Waals surface area contributed by atoms with Crippen LogP contribution >= 0.6 is 0 Å². The summed E-state index contributed by atoms with van der Waals surface area (Å²) in [5.74, 6) is -0.179. The number of nitrogens with one attached hydrogen (secondary N) is 1. The number of ether oxygens (including phenoxy) is 2. The second kappa shape index (κ2) is 46.2. The van der Waals surface area contributed by atoms with Gasteiger partial charge in [0, 0.05) is 6.42 Å². The molecule has 9 heteroatoms. The number of allylic oxidation sites excluding steroid dienone is 5. The average Bonchev–Trinajstić information content (AvgIpc) is 3.31. The van der Waals surface area contributed by atoms with E-state index in [0.717, 1.165) is 44.9 Å². The molecule has 1 heterocycles. The van der Waals surface area contributed by atoms with E-state index < -0.39 is 49.5 Å². The van der Waals surface area contributed by atoms with Gasteiger partial charge in [-0.05, 0) is 51.4 Å². The van der Waals surface area contributed by atoms with Crippen molar-refractivity contribution in [1.82, 2.24) is 5.32 Å². The summed E-state index contributed by atoms with van der Waals surface area (Å²) in [6.07, 6.45) is 52.0. The van der Waals surface area contributed by atoms with E-state index in [1.807, 2.05) is 6.08 Å². The van der Waals surface area contributed by atoms with Gasteiger partial charge in [-0.1, -0.05) is 237 Å². The van der Waals surface area contributed by atoms with Gasteiger partial charge in [-0.25, -0.2) is 0 Å². The molecule has 1 saturated heterocycles. The second-order valence-electron chi connectivity index (χ2n) is 19.4. The van der Waals surface area contributed by atoms with Crippen LogP contribution in [0.2, 0.25) is 0 Å². The predicted octanol–water partition coefficient (Wildman–Crippen LogP) is 13.2. The zero-order chi connectivity index (χ0) is 47.3. The molecule has 7 unspecified atom stereocenters. The average molecular weight is 920 g/mol. The smallest absolute Gasteiger partial charge is 0.220 e. The third-order valence-corrected chi connectivity index (χ3v) is 13.2. The molecule has 0 bridgehead atoms. The first-order chi connectivity index (χ1) is 31.8. The van der Waals surface area contributed by atoms with Crippen LogP contribution in [0.15, 0.2) is 36.5 Å². The number of hydrogen-bond acceptors (Lipinski definition) is 8. The number of carbonyl (C=O) groups is 1. The lowest BCUT2D eigenvalue weighted by Gasteiger charge is -2.40. The zero-order valence-corrected chi connectivity index (χ0v) is 42.3. The number of carbonyl (C=O) groups excluding carboxylic acids is 1. The summed E-state index contributed by atoms with van der Waals surface area (Å²) in [6.45, 7) is 3.79. The summed E-state index contributed by atoms with van der Waals surface area (Å²) in [5.41, 5.74) is 0. The van der Waals surface area contributed by atoms with E-state index in [9.17, 15) is 30.3 Å². The quantitative estimate of drug-likeness (QED) is 0.0261. The van der Waals surface area contributed by atoms with Crippen LogP contribution in [0.4, 0.5) is 0 Å². The first kappa shape index (κ1) is 61.4. The van der Waals surface area contributed by atoms with Crippen molar-refractivity contribution >= 4 is 5.91 Å². The van der Waals surface area contributed by atoms with Gasteiger partial charge in [-0.3, -0.25) is 4.79 Å². The Morgan fingerprint density at radius 3 is 1.32 bits per heavy atom. The molecule has 0 aromatic carbocycles. The summed E-state index contributed by atoms with van der Waals surface area (Å²) in [5, 5.41) is 54.4. The lowest BCUT2D eigenvalue weighted by Crippen LogP contribution is -2.60. The van der Waals surface area contributed by atoms with Gasteiger partial charge in [0.2, 0.25) is 5.91 Å². The van der Waals surface area contributed by atoms with Crippen LogP contribution in [0.1, 0.15) is 258 Å². The molecular formula is C56H105NO8. The van der Waals surface area contributed by atoms with E-state index in [4.69, 9.17) is 9.47 Å². The Kier molecular flexibility index (Phi) is 43.6. The highest BCUT2D eigenvalue weighted by molar-refractivity contribution is 5.76. The SMILES string of the molecule is CCCCCCCCCCC/C=C\C/C=C\CCCCCCCCCCCC(=O)NC(COC1OC(CO)C(O)C(O)C1O)C(O)/C=C/CCCCCCCCCCCCCCCCC. The summed E-state index contributed by atoms with van der Waals surface area (Å²) in [6, 6.07) is -0.807. The molecule has 0 aromatic heterocycles. The standard InChI is InChI=1S/C56H105NO8/c1-3-5-7-9-11-13-15-17-19-21-22-23-24-25-26-27-28-30-32-34-36-38-40-42-44-46-52(60)57-49(48-64-56-55(63)54(62)53(61)51(47-58)65-56)50(59)45-43-41-39-37-35-33-31-29-20-18-16-14-12-10-8-6-4-2/h22-23,25-26,43,45,49-51,53-56,58-59,61-63H,3-21,24,27-42,44,46-48H2,1-2H3,(H,57,60)/b23-22-,26-25-,45-43+. The number of rotatable bonds is 47. The van der Waals surface area contributed by atoms with Crippen LogP contribution in [-0.2, 0) is 14.3 Å². The monoisotopic (exact) mass is 920 g/mol. The fraction of sp³-hybridized carbons (Fsp3) is 0.875. The highest BCUT2D eigenvalue weighted by Gasteiger charge is 2.44. The fourth-order valence-corrected chi connectivity index (χ4v) is 8.78. The molecule has 9 nitrogen and oxygen atoms in total. The molecule has 1 aliphatic heterocycles. The lowest BCUT2D eigenvalue weighted by molar-refractivity contribution is -0.302. The Bertz CT molecular complexity index is 1110. The minimum atomic E-state index is -1.57. The first-order valence-corrected chi connectivity index (χ1v) is 27.7. The lowest BCUT2D eigenvalue weighted by atomic mass is 9.99. The summed E-state index contributed by atoms with van der Waals surface area (Å²) < 4.78 is 11.3. The fourth-order valence-electron chi connectivity index (χ4n) is 8.78. The minimum absolute atomic E-state index is 0.179. The van der Waals surface area contributed by atoms with Gasteiger partial charge >= 0.3 is 0 Å². The molecule has 0 aliphatic carbocycles. The van der Waals surface area contributed by atoms with E-state index in [0.29, 0.717) is 6.42 Å². The Morgan fingerprint density at radius 1 is 0.523 bits per heavy atom. The van der Waals surface area contributed by atoms with Crippen LogP contribution in [0.25, 0.3) is 0 Å². The molecule has 0 spiro atoms. The molecule has 7 atom stereocenters. The van der Waals surface area contributed by atoms with Crippen LogP contribution in [-0.4, -0.2) is 87.5 Å². The van der Waals surface area contributed by atoms with E-state index in [-0.39, 0.29) is 12.5 Å². The third-order valence-electron chi connectivity index (χ3n) is 13.2. The number of unbranched alkanes of at least 4 members (excludes halogenated alkanes) is 33. The molecule has 1 rings (SSSR count). The molecule has 1 amide bonds. The molecule has 382 valence electrons. The molecule has 1 aliphatic rings. The van der Waals surface area contributed by atoms with Gasteiger partial charge in [0.15, 0.2) is 6.29 Å². The highest BCUT2D eigenvalue weighted by atomic mass is 16.7. The van der Waals surface area contributed by atoms with Gasteiger partial charge in [0.25, 0.3) is 0 Å². The topological polar surface area (TPSA) is 149 Å². The van der Waals surface area contributed by atoms with E-state index in [2.05, 4.69) is 43.5 Å². The largest absolute Gasteiger partial charge is 0.394 e. The molecule has 0 aromatic rings. The van der Waals surface area contributed by atoms with Crippen molar-refractivity contribution in [1.29, 1.82) is 0 Å². The highest BCUT2D eigenvalue weighted by Crippen LogP contribution is 2.23. The zero-order valence-electron chi connectivity index (χ0n) is 42.3. The molecule has 0 radical (unpaired) electrons. The van der Waals surface area contributed by atoms with Crippen molar-refractivity contribution in [3.63, 3.8) is 0 Å². The Hall–Kier alpha value is -1.59. The van der Waals surface area contributed by atoms with Gasteiger partial charge in [-0.2, -0.15) is 0 Å². The van der Waals surface area contributed by atoms with Crippen molar-refractivity contribution in [2.45, 2.75) is 301 Å². The van der Waals surface area contributed by atoms with Crippen LogP contribution in [0.5, 0.6) is 0 Å². The van der Waals surface area contributed by atoms with Crippen LogP contribution in [0.3, 0.4) is 0 Å². The molecule has 65 heavy (non-hydrogen) atoms. The number of amides is 1. The summed E-state index contributed by atoms with van der Waals surface area (Å²) >= 11 is 0. The van der Waals surface area contributed by atoms with Crippen molar-refractivity contribution in [2.24, 2.45) is 0 Å². The normalized spacial score (nSPS) is 20.1. The minimum Gasteiger partial charge on any atom is -0.394 e. The van der Waals surface area contributed by atoms with Crippen molar-refractivity contribution in [2.75, 3.05) is 13.2 Å². The maximum absolute atomic E-state index is 13.0. The predicted molar refractivity (Wildman–Crippen MR) is 272 cm³/mol. The van der Waals surface area contributed by atoms with Crippen molar-refractivity contribution in [3.8, 4) is 0 Å². The molecular weight excluding hydrogens is 815 g/mol. The van der Waals surface area contributed by atoms with Gasteiger partial charge in [0.1, 0.15) is 24.4 Å². The number of aliphatic hydroxyl groups excluding tert-OH is 5. The maximum atomic E-state index is 13.0. The third kappa shape index (κ3) is 36.1. The molecule has 0 saturated carbocycles. The summed E-state index contributed by atoms with van der Waals surface area (Å²) in [7, 11) is 0. The van der Waals surface area contributed by atoms with Crippen LogP contribution < -0.4 is 5.32 Å². The second-order valence-corrected chi connectivity index (χ2v) is 19.4. The Morgan fingerprint density at radius 2 is 0.908 bits per heavy atom. The first-order valence-electron chi connectivity index (χ1n) is 27.7. The number of aliphatic hydroxyl groups is 5. The summed E-state index contributed by atoms with van der Waals surface area (Å²) in [4.78, 5) is 13.0. The van der Waals surface area contributed by atoms with Gasteiger partial charge in [-0.15, -0.1) is 0 Å². The van der Waals surface area contributed by atoms with E-state index >= 15 is 0 Å². The Labute approximate surface area is 400 Å². The van der Waals surface area contributed by atoms with E-state index in [1.165, 1.54) is 193 Å². The molecule has 6 N–H and O–H groups in total.